The number of hydrogen-bond donors (Lipinski definition) is 1. The number of likely N-dealkylation sites (N-methyl/N-ethyl adjacent to an activating group) is 1. The molecule has 0 spiro atoms. The predicted molar refractivity (Wildman–Crippen MR) is 73.6 cm³/mol. The van der Waals surface area contributed by atoms with Crippen LogP contribution in [0.5, 0.6) is 0 Å². The van der Waals surface area contributed by atoms with Crippen molar-refractivity contribution in [1.29, 1.82) is 0 Å². The summed E-state index contributed by atoms with van der Waals surface area (Å²) < 4.78 is 31.9. The van der Waals surface area contributed by atoms with E-state index in [2.05, 4.69) is 5.32 Å². The molecule has 1 heterocycles. The Hall–Kier alpha value is -0.950. The number of ether oxygens (including phenoxy) is 1. The Labute approximate surface area is 114 Å². The number of rotatable bonds is 4. The maximum absolute atomic E-state index is 12.5. The number of aryl methyl sites for hydroxylation is 1. The van der Waals surface area contributed by atoms with E-state index in [-0.39, 0.29) is 6.10 Å². The summed E-state index contributed by atoms with van der Waals surface area (Å²) in [7, 11) is -1.85. The van der Waals surface area contributed by atoms with Gasteiger partial charge in [-0.2, -0.15) is 4.31 Å². The molecule has 1 unspecified atom stereocenters. The van der Waals surface area contributed by atoms with Crippen LogP contribution in [0.2, 0.25) is 0 Å². The minimum Gasteiger partial charge on any atom is -0.374 e. The molecule has 1 fully saturated rings. The highest BCUT2D eigenvalue weighted by atomic mass is 32.2. The van der Waals surface area contributed by atoms with Gasteiger partial charge in [0.2, 0.25) is 10.0 Å². The number of hydrogen-bond acceptors (Lipinski definition) is 4. The van der Waals surface area contributed by atoms with Gasteiger partial charge in [-0.3, -0.25) is 0 Å². The Morgan fingerprint density at radius 3 is 2.79 bits per heavy atom. The molecule has 1 aliphatic heterocycles. The van der Waals surface area contributed by atoms with E-state index in [1.807, 2.05) is 6.07 Å². The second-order valence-corrected chi connectivity index (χ2v) is 6.76. The lowest BCUT2D eigenvalue weighted by atomic mass is 10.2. The van der Waals surface area contributed by atoms with Crippen LogP contribution in [-0.4, -0.2) is 52.1 Å². The van der Waals surface area contributed by atoms with Gasteiger partial charge in [-0.15, -0.1) is 0 Å². The van der Waals surface area contributed by atoms with Gasteiger partial charge in [0.1, 0.15) is 0 Å². The Balaban J connectivity index is 2.13. The van der Waals surface area contributed by atoms with Crippen LogP contribution in [0.3, 0.4) is 0 Å². The zero-order valence-corrected chi connectivity index (χ0v) is 12.1. The van der Waals surface area contributed by atoms with E-state index >= 15 is 0 Å². The van der Waals surface area contributed by atoms with Crippen LogP contribution in [0, 0.1) is 6.92 Å². The third-order valence-electron chi connectivity index (χ3n) is 3.25. The van der Waals surface area contributed by atoms with Gasteiger partial charge in [-0.25, -0.2) is 8.42 Å². The molecule has 2 rings (SSSR count). The van der Waals surface area contributed by atoms with E-state index in [1.54, 1.807) is 32.2 Å². The molecule has 19 heavy (non-hydrogen) atoms. The van der Waals surface area contributed by atoms with Gasteiger partial charge in [0.15, 0.2) is 0 Å². The highest BCUT2D eigenvalue weighted by Gasteiger charge is 2.26. The number of nitrogens with one attached hydrogen (secondary N) is 1. The van der Waals surface area contributed by atoms with Crippen molar-refractivity contribution in [2.45, 2.75) is 17.9 Å². The summed E-state index contributed by atoms with van der Waals surface area (Å²) in [5, 5.41) is 3.20. The van der Waals surface area contributed by atoms with Gasteiger partial charge in [-0.1, -0.05) is 18.2 Å². The van der Waals surface area contributed by atoms with Gasteiger partial charge in [0, 0.05) is 26.7 Å². The van der Waals surface area contributed by atoms with Gasteiger partial charge in [0.05, 0.1) is 17.6 Å². The molecule has 106 valence electrons. The largest absolute Gasteiger partial charge is 0.374 e. The van der Waals surface area contributed by atoms with E-state index in [0.717, 1.165) is 12.1 Å². The van der Waals surface area contributed by atoms with E-state index < -0.39 is 10.0 Å². The van der Waals surface area contributed by atoms with Crippen molar-refractivity contribution in [3.63, 3.8) is 0 Å². The normalized spacial score (nSPS) is 20.7. The zero-order chi connectivity index (χ0) is 13.9. The summed E-state index contributed by atoms with van der Waals surface area (Å²) in [5.41, 5.74) is 0.761. The lowest BCUT2D eigenvalue weighted by Gasteiger charge is -2.27. The SMILES string of the molecule is Cc1ccccc1S(=O)(=O)N(C)CC1CNCCO1. The first-order chi connectivity index (χ1) is 9.01. The molecule has 5 nitrogen and oxygen atoms in total. The fourth-order valence-electron chi connectivity index (χ4n) is 2.14. The average molecular weight is 284 g/mol. The van der Waals surface area contributed by atoms with Crippen LogP contribution >= 0.6 is 0 Å². The fraction of sp³-hybridized carbons (Fsp3) is 0.538. The van der Waals surface area contributed by atoms with Crippen LogP contribution in [0.4, 0.5) is 0 Å². The third kappa shape index (κ3) is 3.33. The van der Waals surface area contributed by atoms with Crippen LogP contribution in [-0.2, 0) is 14.8 Å². The standard InChI is InChI=1S/C13H20N2O3S/c1-11-5-3-4-6-13(11)19(16,17)15(2)10-12-9-14-7-8-18-12/h3-6,12,14H,7-10H2,1-2H3. The number of sulfonamides is 1. The van der Waals surface area contributed by atoms with Crippen LogP contribution in [0.1, 0.15) is 5.56 Å². The molecule has 1 atom stereocenters. The third-order valence-corrected chi connectivity index (χ3v) is 5.23. The van der Waals surface area contributed by atoms with Crippen molar-refractivity contribution in [3.8, 4) is 0 Å². The molecule has 0 aliphatic carbocycles. The number of nitrogens with zero attached hydrogens (tertiary/aromatic N) is 1. The summed E-state index contributed by atoms with van der Waals surface area (Å²) in [5.74, 6) is 0. The van der Waals surface area contributed by atoms with Crippen molar-refractivity contribution in [3.05, 3.63) is 29.8 Å². The van der Waals surface area contributed by atoms with Gasteiger partial charge in [0.25, 0.3) is 0 Å². The van der Waals surface area contributed by atoms with E-state index in [0.29, 0.717) is 24.6 Å². The highest BCUT2D eigenvalue weighted by Crippen LogP contribution is 2.18. The molecule has 1 aliphatic rings. The second-order valence-electron chi connectivity index (χ2n) is 4.75. The van der Waals surface area contributed by atoms with Gasteiger partial charge < -0.3 is 10.1 Å². The Morgan fingerprint density at radius 1 is 1.42 bits per heavy atom. The molecule has 0 aromatic heterocycles. The van der Waals surface area contributed by atoms with Crippen LogP contribution in [0.15, 0.2) is 29.2 Å². The highest BCUT2D eigenvalue weighted by molar-refractivity contribution is 7.89. The molecule has 0 amide bonds. The Bertz CT molecular complexity index is 524. The maximum Gasteiger partial charge on any atom is 0.243 e. The summed E-state index contributed by atoms with van der Waals surface area (Å²) >= 11 is 0. The monoisotopic (exact) mass is 284 g/mol. The minimum atomic E-state index is -3.44. The Kier molecular flexibility index (Phi) is 4.57. The summed E-state index contributed by atoms with van der Waals surface area (Å²) in [4.78, 5) is 0.362. The molecule has 0 radical (unpaired) electrons. The predicted octanol–water partition coefficient (Wildman–Crippen LogP) is 0.604. The van der Waals surface area contributed by atoms with Crippen molar-refractivity contribution >= 4 is 10.0 Å². The fourth-order valence-corrected chi connectivity index (χ4v) is 3.56. The molecule has 1 aromatic rings. The molecular weight excluding hydrogens is 264 g/mol. The zero-order valence-electron chi connectivity index (χ0n) is 11.3. The molecule has 1 saturated heterocycles. The lowest BCUT2D eigenvalue weighted by molar-refractivity contribution is 0.0206. The summed E-state index contributed by atoms with van der Waals surface area (Å²) in [6.07, 6.45) is -0.0856. The van der Waals surface area contributed by atoms with Gasteiger partial charge >= 0.3 is 0 Å². The van der Waals surface area contributed by atoms with Crippen molar-refractivity contribution in [2.24, 2.45) is 0 Å². The van der Waals surface area contributed by atoms with Crippen LogP contribution < -0.4 is 5.32 Å². The lowest BCUT2D eigenvalue weighted by Crippen LogP contribution is -2.45. The first kappa shape index (κ1) is 14.5. The van der Waals surface area contributed by atoms with E-state index in [9.17, 15) is 8.42 Å². The van der Waals surface area contributed by atoms with Gasteiger partial charge in [-0.05, 0) is 18.6 Å². The Morgan fingerprint density at radius 2 is 2.16 bits per heavy atom. The molecule has 6 heteroatoms. The summed E-state index contributed by atoms with van der Waals surface area (Å²) in [6.45, 7) is 4.31. The van der Waals surface area contributed by atoms with Crippen molar-refractivity contribution in [2.75, 3.05) is 33.3 Å². The average Bonchev–Trinajstić information content (AvgIpc) is 2.40. The minimum absolute atomic E-state index is 0.0856. The van der Waals surface area contributed by atoms with Crippen molar-refractivity contribution < 1.29 is 13.2 Å². The topological polar surface area (TPSA) is 58.6 Å². The second kappa shape index (κ2) is 6.00. The maximum atomic E-state index is 12.5. The van der Waals surface area contributed by atoms with Crippen LogP contribution in [0.25, 0.3) is 0 Å². The van der Waals surface area contributed by atoms with E-state index in [4.69, 9.17) is 4.74 Å². The first-order valence-electron chi connectivity index (χ1n) is 6.36. The molecule has 1 aromatic carbocycles. The first-order valence-corrected chi connectivity index (χ1v) is 7.80. The van der Waals surface area contributed by atoms with Crippen molar-refractivity contribution in [1.82, 2.24) is 9.62 Å². The molecule has 0 bridgehead atoms. The molecule has 1 N–H and O–H groups in total. The number of morpholine rings is 1. The van der Waals surface area contributed by atoms with E-state index in [1.165, 1.54) is 4.31 Å². The summed E-state index contributed by atoms with van der Waals surface area (Å²) in [6, 6.07) is 7.02. The molecule has 0 saturated carbocycles. The molecular formula is C13H20N2O3S. The quantitative estimate of drug-likeness (QED) is 0.880. The smallest absolute Gasteiger partial charge is 0.243 e. The number of benzene rings is 1.